The van der Waals surface area contributed by atoms with Crippen LogP contribution in [0.2, 0.25) is 15.1 Å². The van der Waals surface area contributed by atoms with E-state index in [0.717, 1.165) is 18.7 Å². The highest BCUT2D eigenvalue weighted by molar-refractivity contribution is 6.40. The van der Waals surface area contributed by atoms with E-state index >= 15 is 0 Å². The Labute approximate surface area is 177 Å². The number of amides is 1. The number of ether oxygens (including phenoxy) is 1. The van der Waals surface area contributed by atoms with Gasteiger partial charge in [-0.1, -0.05) is 34.8 Å². The second-order valence-corrected chi connectivity index (χ2v) is 7.33. The summed E-state index contributed by atoms with van der Waals surface area (Å²) >= 11 is 18.0. The summed E-state index contributed by atoms with van der Waals surface area (Å²) < 4.78 is 13.0. The molecule has 2 heterocycles. The molecule has 1 N–H and O–H groups in total. The fraction of sp³-hybridized carbons (Fsp3) is 0.263. The van der Waals surface area contributed by atoms with Crippen molar-refractivity contribution in [1.82, 2.24) is 15.1 Å². The van der Waals surface area contributed by atoms with Crippen LogP contribution < -0.4 is 10.1 Å². The number of aromatic nitrogens is 2. The van der Waals surface area contributed by atoms with Crippen LogP contribution in [0, 0.1) is 6.92 Å². The normalized spacial score (nSPS) is 10.9. The summed E-state index contributed by atoms with van der Waals surface area (Å²) in [7, 11) is 0. The lowest BCUT2D eigenvalue weighted by molar-refractivity contribution is 0.0920. The van der Waals surface area contributed by atoms with Gasteiger partial charge >= 0.3 is 0 Å². The Morgan fingerprint density at radius 3 is 2.64 bits per heavy atom. The Morgan fingerprint density at radius 1 is 1.21 bits per heavy atom. The molecule has 0 bridgehead atoms. The molecule has 9 heteroatoms. The number of nitrogens with zero attached hydrogens (tertiary/aromatic N) is 2. The summed E-state index contributed by atoms with van der Waals surface area (Å²) in [4.78, 5) is 12.2. The number of carbonyl (C=O) groups is 1. The third-order valence-electron chi connectivity index (χ3n) is 3.83. The molecule has 0 fully saturated rings. The minimum atomic E-state index is -0.287. The van der Waals surface area contributed by atoms with Gasteiger partial charge in [-0.3, -0.25) is 9.48 Å². The summed E-state index contributed by atoms with van der Waals surface area (Å²) in [5.41, 5.74) is 0.968. The number of aryl methyl sites for hydroxylation is 2. The van der Waals surface area contributed by atoms with Crippen LogP contribution in [0.4, 0.5) is 0 Å². The molecule has 0 aliphatic heterocycles. The number of carbonyl (C=O) groups excluding carboxylic acids is 1. The van der Waals surface area contributed by atoms with Crippen LogP contribution in [-0.4, -0.2) is 22.2 Å². The number of benzene rings is 1. The minimum absolute atomic E-state index is 0.0764. The third kappa shape index (κ3) is 5.44. The minimum Gasteiger partial charge on any atom is -0.483 e. The fourth-order valence-corrected chi connectivity index (χ4v) is 3.43. The zero-order chi connectivity index (χ0) is 20.1. The lowest BCUT2D eigenvalue weighted by atomic mass is 10.3. The zero-order valence-corrected chi connectivity index (χ0v) is 17.3. The molecule has 1 aromatic carbocycles. The molecular formula is C19H18Cl3N3O3. The van der Waals surface area contributed by atoms with Gasteiger partial charge in [0.25, 0.3) is 5.91 Å². The number of halogens is 3. The van der Waals surface area contributed by atoms with Crippen LogP contribution in [0.25, 0.3) is 0 Å². The van der Waals surface area contributed by atoms with Gasteiger partial charge < -0.3 is 14.5 Å². The van der Waals surface area contributed by atoms with Crippen LogP contribution in [0.15, 0.2) is 40.9 Å². The Balaban J connectivity index is 1.47. The first-order valence-corrected chi connectivity index (χ1v) is 9.70. The van der Waals surface area contributed by atoms with Gasteiger partial charge in [-0.25, -0.2) is 0 Å². The van der Waals surface area contributed by atoms with E-state index in [4.69, 9.17) is 44.0 Å². The molecule has 0 saturated carbocycles. The lowest BCUT2D eigenvalue weighted by Crippen LogP contribution is -2.24. The molecule has 0 saturated heterocycles. The molecule has 1 amide bonds. The van der Waals surface area contributed by atoms with E-state index in [9.17, 15) is 4.79 Å². The number of furan rings is 1. The van der Waals surface area contributed by atoms with Crippen LogP contribution in [0.3, 0.4) is 0 Å². The Bertz CT molecular complexity index is 945. The largest absolute Gasteiger partial charge is 0.483 e. The summed E-state index contributed by atoms with van der Waals surface area (Å²) in [6.45, 7) is 3.26. The quantitative estimate of drug-likeness (QED) is 0.490. The molecule has 3 rings (SSSR count). The van der Waals surface area contributed by atoms with Crippen LogP contribution in [-0.2, 0) is 13.2 Å². The molecule has 3 aromatic rings. The molecule has 2 aromatic heterocycles. The Kier molecular flexibility index (Phi) is 6.88. The first-order valence-electron chi connectivity index (χ1n) is 8.56. The van der Waals surface area contributed by atoms with Crippen molar-refractivity contribution in [2.45, 2.75) is 26.5 Å². The second kappa shape index (κ2) is 9.37. The summed E-state index contributed by atoms with van der Waals surface area (Å²) in [6.07, 6.45) is 2.67. The fourth-order valence-electron chi connectivity index (χ4n) is 2.51. The number of rotatable bonds is 8. The van der Waals surface area contributed by atoms with Crippen LogP contribution >= 0.6 is 34.8 Å². The molecule has 6 nitrogen and oxygen atoms in total. The van der Waals surface area contributed by atoms with E-state index in [2.05, 4.69) is 10.4 Å². The van der Waals surface area contributed by atoms with E-state index in [1.54, 1.807) is 12.1 Å². The van der Waals surface area contributed by atoms with Crippen molar-refractivity contribution in [3.63, 3.8) is 0 Å². The van der Waals surface area contributed by atoms with Crippen LogP contribution in [0.5, 0.6) is 5.75 Å². The van der Waals surface area contributed by atoms with Gasteiger partial charge in [-0.15, -0.1) is 0 Å². The highest BCUT2D eigenvalue weighted by Crippen LogP contribution is 2.36. The van der Waals surface area contributed by atoms with Crippen LogP contribution in [0.1, 0.15) is 28.4 Å². The SMILES string of the molecule is Cc1ccn(CCCNC(=O)c2ccc(COc3c(Cl)cc(Cl)cc3Cl)o2)n1. The van der Waals surface area contributed by atoms with Gasteiger partial charge in [-0.05, 0) is 43.7 Å². The smallest absolute Gasteiger partial charge is 0.286 e. The zero-order valence-electron chi connectivity index (χ0n) is 15.0. The van der Waals surface area contributed by atoms with Gasteiger partial charge in [0, 0.05) is 24.3 Å². The van der Waals surface area contributed by atoms with E-state index in [1.165, 1.54) is 12.1 Å². The van der Waals surface area contributed by atoms with Gasteiger partial charge in [0.1, 0.15) is 12.4 Å². The first kappa shape index (κ1) is 20.6. The van der Waals surface area contributed by atoms with E-state index in [1.807, 2.05) is 23.9 Å². The van der Waals surface area contributed by atoms with Crippen molar-refractivity contribution >= 4 is 40.7 Å². The molecule has 28 heavy (non-hydrogen) atoms. The highest BCUT2D eigenvalue weighted by Gasteiger charge is 2.13. The third-order valence-corrected chi connectivity index (χ3v) is 4.61. The van der Waals surface area contributed by atoms with Gasteiger partial charge in [0.05, 0.1) is 15.7 Å². The van der Waals surface area contributed by atoms with Gasteiger partial charge in [0.15, 0.2) is 11.5 Å². The maximum Gasteiger partial charge on any atom is 0.286 e. The maximum absolute atomic E-state index is 12.2. The molecule has 0 aliphatic carbocycles. The molecule has 0 radical (unpaired) electrons. The first-order chi connectivity index (χ1) is 13.4. The van der Waals surface area contributed by atoms with Crippen molar-refractivity contribution in [2.75, 3.05) is 6.54 Å². The topological polar surface area (TPSA) is 69.3 Å². The van der Waals surface area contributed by atoms with Crippen molar-refractivity contribution < 1.29 is 13.9 Å². The average Bonchev–Trinajstić information content (AvgIpc) is 3.27. The standard InChI is InChI=1S/C19H18Cl3N3O3/c1-12-5-8-25(24-12)7-2-6-23-19(26)17-4-3-14(28-17)11-27-18-15(21)9-13(20)10-16(18)22/h3-5,8-10H,2,6-7,11H2,1H3,(H,23,26). The number of hydrogen-bond acceptors (Lipinski definition) is 4. The molecule has 0 spiro atoms. The molecule has 0 unspecified atom stereocenters. The number of nitrogens with one attached hydrogen (secondary N) is 1. The highest BCUT2D eigenvalue weighted by atomic mass is 35.5. The molecule has 148 valence electrons. The molecule has 0 atom stereocenters. The monoisotopic (exact) mass is 441 g/mol. The van der Waals surface area contributed by atoms with Crippen molar-refractivity contribution in [1.29, 1.82) is 0 Å². The number of hydrogen-bond donors (Lipinski definition) is 1. The van der Waals surface area contributed by atoms with E-state index in [-0.39, 0.29) is 18.3 Å². The van der Waals surface area contributed by atoms with Gasteiger partial charge in [-0.2, -0.15) is 5.10 Å². The Hall–Kier alpha value is -2.15. The summed E-state index contributed by atoms with van der Waals surface area (Å²) in [5.74, 6) is 0.704. The second-order valence-electron chi connectivity index (χ2n) is 6.08. The van der Waals surface area contributed by atoms with Gasteiger partial charge in [0.2, 0.25) is 0 Å². The van der Waals surface area contributed by atoms with E-state index < -0.39 is 0 Å². The predicted octanol–water partition coefficient (Wildman–Crippen LogP) is 5.14. The summed E-state index contributed by atoms with van der Waals surface area (Å²) in [5, 5.41) is 8.13. The lowest BCUT2D eigenvalue weighted by Gasteiger charge is -2.09. The summed E-state index contributed by atoms with van der Waals surface area (Å²) in [6, 6.07) is 8.27. The predicted molar refractivity (Wildman–Crippen MR) is 108 cm³/mol. The van der Waals surface area contributed by atoms with E-state index in [0.29, 0.717) is 33.1 Å². The van der Waals surface area contributed by atoms with Crippen molar-refractivity contribution in [3.8, 4) is 5.75 Å². The Morgan fingerprint density at radius 2 is 1.96 bits per heavy atom. The molecule has 0 aliphatic rings. The maximum atomic E-state index is 12.2. The average molecular weight is 443 g/mol. The van der Waals surface area contributed by atoms with Crippen molar-refractivity contribution in [3.05, 3.63) is 68.8 Å². The van der Waals surface area contributed by atoms with Crippen molar-refractivity contribution in [2.24, 2.45) is 0 Å². The molecular weight excluding hydrogens is 425 g/mol.